The lowest BCUT2D eigenvalue weighted by atomic mass is 9.96. The van der Waals surface area contributed by atoms with E-state index < -0.39 is 53.5 Å². The quantitative estimate of drug-likeness (QED) is 0.325. The average Bonchev–Trinajstić information content (AvgIpc) is 3.24. The fourth-order valence-corrected chi connectivity index (χ4v) is 5.83. The zero-order valence-corrected chi connectivity index (χ0v) is 22.4. The number of imide groups is 1. The number of amides is 2. The van der Waals surface area contributed by atoms with Gasteiger partial charge >= 0.3 is 11.9 Å². The number of rotatable bonds is 8. The first-order valence-corrected chi connectivity index (χ1v) is 13.9. The fourth-order valence-electron chi connectivity index (χ4n) is 4.81. The number of ether oxygens (including phenoxy) is 3. The van der Waals surface area contributed by atoms with E-state index in [1.165, 1.54) is 11.8 Å². The van der Waals surface area contributed by atoms with Crippen molar-refractivity contribution in [1.29, 1.82) is 0 Å². The van der Waals surface area contributed by atoms with E-state index in [9.17, 15) is 24.3 Å². The molecule has 3 aromatic rings. The number of fused-ring (bicyclic) bond motifs is 1. The third kappa shape index (κ3) is 5.38. The maximum absolute atomic E-state index is 13.5. The van der Waals surface area contributed by atoms with Gasteiger partial charge in [-0.3, -0.25) is 14.5 Å². The standard InChI is InChI=1S/C30H27NO8S/c1-2-40-30-23(31-26(33)20-15-9-10-16-21(20)27(31)34)25(39-29(36)19-13-7-4-8-14-19)24(32)22(38-30)17-37-28(35)18-11-5-3-6-12-18/h3-16,22-25,30,32H,2,17H2,1H3/t22-,23-,24+,25-,30+/m1/s1. The molecule has 0 aromatic heterocycles. The van der Waals surface area contributed by atoms with Crippen LogP contribution in [0.2, 0.25) is 0 Å². The second-order valence-electron chi connectivity index (χ2n) is 9.21. The molecule has 1 N–H and O–H groups in total. The van der Waals surface area contributed by atoms with E-state index in [1.54, 1.807) is 84.9 Å². The Morgan fingerprint density at radius 1 is 0.850 bits per heavy atom. The first kappa shape index (κ1) is 27.6. The van der Waals surface area contributed by atoms with Gasteiger partial charge in [-0.05, 0) is 42.2 Å². The Morgan fingerprint density at radius 2 is 1.38 bits per heavy atom. The molecule has 0 spiro atoms. The van der Waals surface area contributed by atoms with Crippen LogP contribution in [0.1, 0.15) is 48.4 Å². The van der Waals surface area contributed by atoms with Gasteiger partial charge < -0.3 is 19.3 Å². The highest BCUT2D eigenvalue weighted by Crippen LogP contribution is 2.37. The topological polar surface area (TPSA) is 119 Å². The predicted octanol–water partition coefficient (Wildman–Crippen LogP) is 3.57. The summed E-state index contributed by atoms with van der Waals surface area (Å²) in [5.41, 5.74) is 0.102. The van der Waals surface area contributed by atoms with Gasteiger partial charge in [-0.1, -0.05) is 55.5 Å². The van der Waals surface area contributed by atoms with Gasteiger partial charge in [0.25, 0.3) is 11.8 Å². The van der Waals surface area contributed by atoms with Gasteiger partial charge in [-0.2, -0.15) is 0 Å². The Labute approximate surface area is 235 Å². The van der Waals surface area contributed by atoms with Crippen LogP contribution in [0.25, 0.3) is 0 Å². The van der Waals surface area contributed by atoms with Gasteiger partial charge in [0, 0.05) is 0 Å². The van der Waals surface area contributed by atoms with Crippen LogP contribution in [0.4, 0.5) is 0 Å². The van der Waals surface area contributed by atoms with Crippen molar-refractivity contribution in [3.05, 3.63) is 107 Å². The van der Waals surface area contributed by atoms with Gasteiger partial charge in [0.2, 0.25) is 0 Å². The molecule has 1 saturated heterocycles. The van der Waals surface area contributed by atoms with Crippen LogP contribution in [0.5, 0.6) is 0 Å². The Balaban J connectivity index is 1.47. The largest absolute Gasteiger partial charge is 0.459 e. The number of thioether (sulfide) groups is 1. The first-order chi connectivity index (χ1) is 19.4. The third-order valence-electron chi connectivity index (χ3n) is 6.74. The van der Waals surface area contributed by atoms with Crippen molar-refractivity contribution in [2.24, 2.45) is 0 Å². The van der Waals surface area contributed by atoms with E-state index in [2.05, 4.69) is 0 Å². The smallest absolute Gasteiger partial charge is 0.338 e. The molecule has 0 radical (unpaired) electrons. The summed E-state index contributed by atoms with van der Waals surface area (Å²) in [6.45, 7) is 1.53. The number of hydrogen-bond donors (Lipinski definition) is 1. The number of nitrogens with zero attached hydrogens (tertiary/aromatic N) is 1. The lowest BCUT2D eigenvalue weighted by Gasteiger charge is -2.46. The zero-order valence-electron chi connectivity index (χ0n) is 21.5. The Kier molecular flexibility index (Phi) is 8.29. The van der Waals surface area contributed by atoms with Crippen LogP contribution in [-0.2, 0) is 14.2 Å². The third-order valence-corrected chi connectivity index (χ3v) is 7.79. The molecule has 5 atom stereocenters. The summed E-state index contributed by atoms with van der Waals surface area (Å²) in [6, 6.07) is 21.8. The van der Waals surface area contributed by atoms with Gasteiger partial charge in [-0.15, -0.1) is 11.8 Å². The van der Waals surface area contributed by atoms with Crippen molar-refractivity contribution in [3.8, 4) is 0 Å². The summed E-state index contributed by atoms with van der Waals surface area (Å²) >= 11 is 1.28. The molecule has 3 aromatic carbocycles. The minimum Gasteiger partial charge on any atom is -0.459 e. The Hall–Kier alpha value is -3.99. The van der Waals surface area contributed by atoms with E-state index >= 15 is 0 Å². The van der Waals surface area contributed by atoms with E-state index in [1.807, 2.05) is 6.92 Å². The van der Waals surface area contributed by atoms with Crippen LogP contribution in [0, 0.1) is 0 Å². The molecular weight excluding hydrogens is 534 g/mol. The summed E-state index contributed by atoms with van der Waals surface area (Å²) in [7, 11) is 0. The normalized spacial score (nSPS) is 23.9. The van der Waals surface area contributed by atoms with Crippen molar-refractivity contribution in [1.82, 2.24) is 4.90 Å². The zero-order chi connectivity index (χ0) is 28.2. The average molecular weight is 562 g/mol. The SMILES string of the molecule is CCS[C@@H]1O[C@H](COC(=O)c2ccccc2)[C@H](O)[C@H](OC(=O)c2ccccc2)[C@H]1N1C(=O)c2ccccc2C1=O. The molecule has 10 heteroatoms. The molecule has 206 valence electrons. The second-order valence-corrected chi connectivity index (χ2v) is 10.6. The molecular formula is C30H27NO8S. The molecule has 2 amide bonds. The van der Waals surface area contributed by atoms with E-state index in [4.69, 9.17) is 14.2 Å². The lowest BCUT2D eigenvalue weighted by molar-refractivity contribution is -0.183. The van der Waals surface area contributed by atoms with Gasteiger partial charge in [0.1, 0.15) is 30.3 Å². The van der Waals surface area contributed by atoms with Crippen LogP contribution >= 0.6 is 11.8 Å². The van der Waals surface area contributed by atoms with Gasteiger partial charge in [-0.25, -0.2) is 9.59 Å². The summed E-state index contributed by atoms with van der Waals surface area (Å²) in [4.78, 5) is 53.7. The van der Waals surface area contributed by atoms with Gasteiger partial charge in [0.15, 0.2) is 6.10 Å². The van der Waals surface area contributed by atoms with E-state index in [-0.39, 0.29) is 23.3 Å². The number of hydrogen-bond acceptors (Lipinski definition) is 9. The maximum atomic E-state index is 13.5. The Morgan fingerprint density at radius 3 is 1.93 bits per heavy atom. The van der Waals surface area contributed by atoms with E-state index in [0.29, 0.717) is 11.3 Å². The minimum atomic E-state index is -1.53. The van der Waals surface area contributed by atoms with Gasteiger partial charge in [0.05, 0.1) is 22.3 Å². The van der Waals surface area contributed by atoms with Crippen molar-refractivity contribution >= 4 is 35.5 Å². The molecule has 0 bridgehead atoms. The molecule has 40 heavy (non-hydrogen) atoms. The highest BCUT2D eigenvalue weighted by Gasteiger charge is 2.55. The second kappa shape index (κ2) is 12.0. The lowest BCUT2D eigenvalue weighted by Crippen LogP contribution is -2.65. The molecule has 0 aliphatic carbocycles. The molecule has 1 fully saturated rings. The van der Waals surface area contributed by atoms with Crippen molar-refractivity contribution in [2.45, 2.75) is 36.7 Å². The monoisotopic (exact) mass is 561 g/mol. The van der Waals surface area contributed by atoms with E-state index in [0.717, 1.165) is 4.90 Å². The molecule has 0 unspecified atom stereocenters. The number of esters is 2. The fraction of sp³-hybridized carbons (Fsp3) is 0.267. The summed E-state index contributed by atoms with van der Waals surface area (Å²) in [6.07, 6.45) is -4.00. The van der Waals surface area contributed by atoms with Crippen LogP contribution < -0.4 is 0 Å². The summed E-state index contributed by atoms with van der Waals surface area (Å²) < 4.78 is 17.4. The number of carbonyl (C=O) groups excluding carboxylic acids is 4. The number of aliphatic hydroxyl groups excluding tert-OH is 1. The number of benzene rings is 3. The first-order valence-electron chi connectivity index (χ1n) is 12.8. The van der Waals surface area contributed by atoms with Crippen molar-refractivity contribution in [2.75, 3.05) is 12.4 Å². The molecule has 5 rings (SSSR count). The van der Waals surface area contributed by atoms with Crippen LogP contribution in [0.3, 0.4) is 0 Å². The molecule has 2 aliphatic heterocycles. The molecule has 2 aliphatic rings. The van der Waals surface area contributed by atoms with Crippen LogP contribution in [-0.4, -0.2) is 75.9 Å². The highest BCUT2D eigenvalue weighted by molar-refractivity contribution is 7.99. The predicted molar refractivity (Wildman–Crippen MR) is 146 cm³/mol. The molecule has 9 nitrogen and oxygen atoms in total. The summed E-state index contributed by atoms with van der Waals surface area (Å²) in [5, 5.41) is 11.5. The number of carbonyl (C=O) groups is 4. The number of aliphatic hydroxyl groups is 1. The molecule has 0 saturated carbocycles. The highest BCUT2D eigenvalue weighted by atomic mass is 32.2. The minimum absolute atomic E-state index is 0.217. The van der Waals surface area contributed by atoms with Crippen LogP contribution in [0.15, 0.2) is 84.9 Å². The van der Waals surface area contributed by atoms with Crippen molar-refractivity contribution < 1.29 is 38.5 Å². The van der Waals surface area contributed by atoms with Crippen molar-refractivity contribution in [3.63, 3.8) is 0 Å². The molecule has 2 heterocycles. The summed E-state index contributed by atoms with van der Waals surface area (Å²) in [5.74, 6) is -1.98. The maximum Gasteiger partial charge on any atom is 0.338 e. The Bertz CT molecular complexity index is 1360.